The Morgan fingerprint density at radius 3 is 2.71 bits per heavy atom. The van der Waals surface area contributed by atoms with Gasteiger partial charge >= 0.3 is 5.97 Å². The molecule has 0 spiro atoms. The van der Waals surface area contributed by atoms with Crippen molar-refractivity contribution in [3.8, 4) is 0 Å². The highest BCUT2D eigenvalue weighted by Gasteiger charge is 2.35. The zero-order valence-electron chi connectivity index (χ0n) is 9.90. The Balaban J connectivity index is 1.89. The maximum atomic E-state index is 13.2. The molecular weight excluding hydrogens is 239 g/mol. The summed E-state index contributed by atoms with van der Waals surface area (Å²) in [6, 6.07) is 5.03. The van der Waals surface area contributed by atoms with Crippen LogP contribution in [0.15, 0.2) is 23.1 Å². The van der Waals surface area contributed by atoms with Crippen molar-refractivity contribution >= 4 is 17.7 Å². The van der Waals surface area contributed by atoms with Crippen molar-refractivity contribution < 1.29 is 13.9 Å². The maximum absolute atomic E-state index is 13.2. The molecule has 0 saturated heterocycles. The molecule has 1 aliphatic rings. The quantitative estimate of drug-likeness (QED) is 0.775. The van der Waals surface area contributed by atoms with E-state index in [1.807, 2.05) is 13.0 Å². The fourth-order valence-corrected chi connectivity index (χ4v) is 3.46. The van der Waals surface area contributed by atoms with Gasteiger partial charge in [-0.25, -0.2) is 4.39 Å². The summed E-state index contributed by atoms with van der Waals surface area (Å²) >= 11 is 1.64. The lowest BCUT2D eigenvalue weighted by Crippen LogP contribution is -2.33. The van der Waals surface area contributed by atoms with E-state index in [9.17, 15) is 9.18 Å². The van der Waals surface area contributed by atoms with Crippen LogP contribution in [0.3, 0.4) is 0 Å². The summed E-state index contributed by atoms with van der Waals surface area (Å²) < 4.78 is 17.9. The van der Waals surface area contributed by atoms with E-state index in [0.29, 0.717) is 5.25 Å². The van der Waals surface area contributed by atoms with Crippen LogP contribution in [-0.2, 0) is 9.53 Å². The number of aryl methyl sites for hydroxylation is 1. The van der Waals surface area contributed by atoms with Crippen molar-refractivity contribution in [3.63, 3.8) is 0 Å². The summed E-state index contributed by atoms with van der Waals surface area (Å²) in [5.41, 5.74) is 0.927. The number of methoxy groups -OCH3 is 1. The molecule has 2 rings (SSSR count). The van der Waals surface area contributed by atoms with E-state index in [1.54, 1.807) is 17.8 Å². The molecule has 0 atom stereocenters. The average molecular weight is 254 g/mol. The van der Waals surface area contributed by atoms with Gasteiger partial charge in [-0.05, 0) is 43.5 Å². The molecule has 1 aromatic carbocycles. The van der Waals surface area contributed by atoms with Gasteiger partial charge in [0.2, 0.25) is 0 Å². The first kappa shape index (κ1) is 12.4. The number of benzene rings is 1. The van der Waals surface area contributed by atoms with Crippen LogP contribution in [0, 0.1) is 18.7 Å². The molecule has 1 saturated carbocycles. The summed E-state index contributed by atoms with van der Waals surface area (Å²) in [5, 5.41) is 0.403. The standard InChI is InChI=1S/C13H15FO2S/c1-8-3-10(14)7-11(4-8)17-12-5-9(6-12)13(15)16-2/h3-4,7,9,12H,5-6H2,1-2H3/t9-,12-. The number of carbonyl (C=O) groups excluding carboxylic acids is 1. The molecule has 0 aliphatic heterocycles. The van der Waals surface area contributed by atoms with Crippen LogP contribution in [-0.4, -0.2) is 18.3 Å². The molecule has 0 amide bonds. The Bertz CT molecular complexity index is 407. The first-order chi connectivity index (χ1) is 8.08. The summed E-state index contributed by atoms with van der Waals surface area (Å²) in [4.78, 5) is 12.1. The van der Waals surface area contributed by atoms with Crippen molar-refractivity contribution in [1.29, 1.82) is 0 Å². The van der Waals surface area contributed by atoms with Crippen LogP contribution in [0.5, 0.6) is 0 Å². The molecule has 0 unspecified atom stereocenters. The van der Waals surface area contributed by atoms with Crippen LogP contribution in [0.4, 0.5) is 4.39 Å². The lowest BCUT2D eigenvalue weighted by molar-refractivity contribution is -0.148. The van der Waals surface area contributed by atoms with Crippen molar-refractivity contribution in [2.75, 3.05) is 7.11 Å². The van der Waals surface area contributed by atoms with Gasteiger partial charge < -0.3 is 4.74 Å². The predicted molar refractivity (Wildman–Crippen MR) is 65.5 cm³/mol. The number of hydrogen-bond acceptors (Lipinski definition) is 3. The minimum atomic E-state index is -0.198. The van der Waals surface area contributed by atoms with E-state index in [4.69, 9.17) is 0 Å². The molecule has 1 fully saturated rings. The summed E-state index contributed by atoms with van der Waals surface area (Å²) in [6.07, 6.45) is 1.65. The van der Waals surface area contributed by atoms with Gasteiger partial charge in [0.15, 0.2) is 0 Å². The SMILES string of the molecule is COC(=O)[C@H]1C[C@H](Sc2cc(C)cc(F)c2)C1. The Kier molecular flexibility index (Phi) is 3.72. The molecule has 0 radical (unpaired) electrons. The topological polar surface area (TPSA) is 26.3 Å². The normalized spacial score (nSPS) is 23.0. The molecule has 0 N–H and O–H groups in total. The molecule has 0 heterocycles. The molecule has 17 heavy (non-hydrogen) atoms. The molecular formula is C13H15FO2S. The van der Waals surface area contributed by atoms with E-state index >= 15 is 0 Å². The van der Waals surface area contributed by atoms with E-state index in [0.717, 1.165) is 23.3 Å². The summed E-state index contributed by atoms with van der Waals surface area (Å²) in [7, 11) is 1.42. The number of thioether (sulfide) groups is 1. The van der Waals surface area contributed by atoms with Gasteiger partial charge in [-0.1, -0.05) is 0 Å². The molecule has 0 bridgehead atoms. The monoisotopic (exact) mass is 254 g/mol. The average Bonchev–Trinajstić information content (AvgIpc) is 2.20. The van der Waals surface area contributed by atoms with Gasteiger partial charge in [-0.15, -0.1) is 11.8 Å². The van der Waals surface area contributed by atoms with Gasteiger partial charge in [-0.3, -0.25) is 4.79 Å². The number of halogens is 1. The lowest BCUT2D eigenvalue weighted by Gasteiger charge is -2.32. The van der Waals surface area contributed by atoms with Gasteiger partial charge in [-0.2, -0.15) is 0 Å². The zero-order chi connectivity index (χ0) is 12.4. The second-order valence-electron chi connectivity index (χ2n) is 4.40. The second kappa shape index (κ2) is 5.08. The third kappa shape index (κ3) is 3.00. The van der Waals surface area contributed by atoms with Gasteiger partial charge in [0.05, 0.1) is 13.0 Å². The Morgan fingerprint density at radius 2 is 2.12 bits per heavy atom. The van der Waals surface area contributed by atoms with E-state index < -0.39 is 0 Å². The number of ether oxygens (including phenoxy) is 1. The van der Waals surface area contributed by atoms with E-state index in [2.05, 4.69) is 4.74 Å². The number of carbonyl (C=O) groups is 1. The first-order valence-corrected chi connectivity index (χ1v) is 6.48. The third-order valence-corrected chi connectivity index (χ3v) is 4.17. The lowest BCUT2D eigenvalue weighted by atomic mass is 9.85. The largest absolute Gasteiger partial charge is 0.469 e. The maximum Gasteiger partial charge on any atom is 0.308 e. The third-order valence-electron chi connectivity index (χ3n) is 2.95. The van der Waals surface area contributed by atoms with Crippen LogP contribution in [0.1, 0.15) is 18.4 Å². The Hall–Kier alpha value is -1.03. The minimum absolute atomic E-state index is 0.0344. The van der Waals surface area contributed by atoms with Crippen LogP contribution in [0.25, 0.3) is 0 Å². The van der Waals surface area contributed by atoms with E-state index in [-0.39, 0.29) is 17.7 Å². The van der Waals surface area contributed by atoms with Gasteiger partial charge in [0.1, 0.15) is 5.82 Å². The molecule has 1 aliphatic carbocycles. The first-order valence-electron chi connectivity index (χ1n) is 5.60. The highest BCUT2D eigenvalue weighted by Crippen LogP contribution is 2.41. The highest BCUT2D eigenvalue weighted by molar-refractivity contribution is 8.00. The zero-order valence-corrected chi connectivity index (χ0v) is 10.7. The smallest absolute Gasteiger partial charge is 0.308 e. The Morgan fingerprint density at radius 1 is 1.41 bits per heavy atom. The molecule has 92 valence electrons. The van der Waals surface area contributed by atoms with Crippen LogP contribution < -0.4 is 0 Å². The number of hydrogen-bond donors (Lipinski definition) is 0. The van der Waals surface area contributed by atoms with Gasteiger partial charge in [0, 0.05) is 10.1 Å². The molecule has 1 aromatic rings. The minimum Gasteiger partial charge on any atom is -0.469 e. The van der Waals surface area contributed by atoms with Crippen molar-refractivity contribution in [2.45, 2.75) is 29.9 Å². The predicted octanol–water partition coefficient (Wildman–Crippen LogP) is 3.18. The fourth-order valence-electron chi connectivity index (χ4n) is 1.98. The summed E-state index contributed by atoms with van der Waals surface area (Å²) in [6.45, 7) is 1.88. The Labute approximate surface area is 105 Å². The molecule has 4 heteroatoms. The van der Waals surface area contributed by atoms with Crippen molar-refractivity contribution in [2.24, 2.45) is 5.92 Å². The van der Waals surface area contributed by atoms with Crippen molar-refractivity contribution in [1.82, 2.24) is 0 Å². The van der Waals surface area contributed by atoms with Crippen LogP contribution in [0.2, 0.25) is 0 Å². The molecule has 0 aromatic heterocycles. The fraction of sp³-hybridized carbons (Fsp3) is 0.462. The summed E-state index contributed by atoms with van der Waals surface area (Å²) in [5.74, 6) is -0.291. The molecule has 2 nitrogen and oxygen atoms in total. The van der Waals surface area contributed by atoms with Crippen LogP contribution >= 0.6 is 11.8 Å². The number of rotatable bonds is 3. The van der Waals surface area contributed by atoms with Gasteiger partial charge in [0.25, 0.3) is 0 Å². The second-order valence-corrected chi connectivity index (χ2v) is 5.77. The highest BCUT2D eigenvalue weighted by atomic mass is 32.2. The number of esters is 1. The van der Waals surface area contributed by atoms with E-state index in [1.165, 1.54) is 13.2 Å². The van der Waals surface area contributed by atoms with Crippen molar-refractivity contribution in [3.05, 3.63) is 29.6 Å².